The van der Waals surface area contributed by atoms with Gasteiger partial charge < -0.3 is 5.32 Å². The summed E-state index contributed by atoms with van der Waals surface area (Å²) in [5.74, 6) is 0.663. The predicted molar refractivity (Wildman–Crippen MR) is 69.0 cm³/mol. The minimum absolute atomic E-state index is 0.0577. The van der Waals surface area contributed by atoms with Crippen LogP contribution >= 0.6 is 11.6 Å². The van der Waals surface area contributed by atoms with Crippen LogP contribution in [0.25, 0.3) is 0 Å². The second kappa shape index (κ2) is 4.65. The van der Waals surface area contributed by atoms with Gasteiger partial charge in [-0.3, -0.25) is 4.79 Å². The van der Waals surface area contributed by atoms with Crippen LogP contribution in [0.2, 0.25) is 5.15 Å². The Morgan fingerprint density at radius 2 is 2.29 bits per heavy atom. The minimum atomic E-state index is 0.0577. The van der Waals surface area contributed by atoms with Gasteiger partial charge in [-0.2, -0.15) is 0 Å². The molecule has 1 atom stereocenters. The van der Waals surface area contributed by atoms with Gasteiger partial charge in [-0.05, 0) is 30.4 Å². The number of pyridine rings is 1. The number of nitrogens with one attached hydrogen (secondary N) is 1. The van der Waals surface area contributed by atoms with Crippen molar-refractivity contribution in [2.75, 3.05) is 5.32 Å². The van der Waals surface area contributed by atoms with E-state index in [-0.39, 0.29) is 17.2 Å². The molecule has 4 heteroatoms. The second-order valence-corrected chi connectivity index (χ2v) is 5.66. The number of carbonyl (C=O) groups is 1. The first-order valence-corrected chi connectivity index (χ1v) is 6.30. The van der Waals surface area contributed by atoms with Gasteiger partial charge in [0.25, 0.3) is 0 Å². The molecule has 92 valence electrons. The molecular formula is C13H17ClN2O. The molecule has 1 heterocycles. The smallest absolute Gasteiger partial charge is 0.229 e. The first kappa shape index (κ1) is 12.4. The molecule has 1 amide bonds. The van der Waals surface area contributed by atoms with E-state index in [2.05, 4.69) is 24.1 Å². The topological polar surface area (TPSA) is 42.0 Å². The maximum Gasteiger partial charge on any atom is 0.229 e. The average Bonchev–Trinajstić information content (AvgIpc) is 2.58. The zero-order valence-electron chi connectivity index (χ0n) is 10.2. The molecule has 0 saturated heterocycles. The summed E-state index contributed by atoms with van der Waals surface area (Å²) in [6, 6.07) is 5.23. The van der Waals surface area contributed by atoms with Crippen LogP contribution in [0.3, 0.4) is 0 Å². The lowest BCUT2D eigenvalue weighted by atomic mass is 9.81. The summed E-state index contributed by atoms with van der Waals surface area (Å²) in [7, 11) is 0. The Morgan fingerprint density at radius 1 is 1.53 bits per heavy atom. The molecule has 2 rings (SSSR count). The quantitative estimate of drug-likeness (QED) is 0.819. The first-order valence-electron chi connectivity index (χ1n) is 5.92. The highest BCUT2D eigenvalue weighted by atomic mass is 35.5. The van der Waals surface area contributed by atoms with Gasteiger partial charge in [-0.25, -0.2) is 4.98 Å². The molecular weight excluding hydrogens is 236 g/mol. The summed E-state index contributed by atoms with van der Waals surface area (Å²) in [4.78, 5) is 16.2. The monoisotopic (exact) mass is 252 g/mol. The van der Waals surface area contributed by atoms with Crippen LogP contribution < -0.4 is 5.32 Å². The number of rotatable bonds is 2. The lowest BCUT2D eigenvalue weighted by Crippen LogP contribution is -2.31. The molecule has 1 unspecified atom stereocenters. The second-order valence-electron chi connectivity index (χ2n) is 5.27. The van der Waals surface area contributed by atoms with Crippen molar-refractivity contribution in [2.45, 2.75) is 33.1 Å². The van der Waals surface area contributed by atoms with Crippen molar-refractivity contribution in [2.24, 2.45) is 11.3 Å². The lowest BCUT2D eigenvalue weighted by molar-refractivity contribution is -0.122. The Balaban J connectivity index is 2.07. The van der Waals surface area contributed by atoms with Gasteiger partial charge in [-0.15, -0.1) is 0 Å². The van der Waals surface area contributed by atoms with Gasteiger partial charge in [0.1, 0.15) is 11.0 Å². The molecule has 1 aromatic heterocycles. The molecule has 0 bridgehead atoms. The normalized spacial score (nSPS) is 22.4. The Labute approximate surface area is 107 Å². The summed E-state index contributed by atoms with van der Waals surface area (Å²) in [5, 5.41) is 3.24. The highest BCUT2D eigenvalue weighted by molar-refractivity contribution is 6.29. The molecule has 1 saturated carbocycles. The number of hydrogen-bond acceptors (Lipinski definition) is 2. The van der Waals surface area contributed by atoms with E-state index in [4.69, 9.17) is 11.6 Å². The van der Waals surface area contributed by atoms with E-state index in [9.17, 15) is 4.79 Å². The van der Waals surface area contributed by atoms with E-state index in [0.29, 0.717) is 11.0 Å². The molecule has 0 aromatic carbocycles. The van der Waals surface area contributed by atoms with Crippen molar-refractivity contribution in [1.29, 1.82) is 0 Å². The third-order valence-electron chi connectivity index (χ3n) is 3.54. The van der Waals surface area contributed by atoms with E-state index in [1.54, 1.807) is 18.2 Å². The fourth-order valence-electron chi connectivity index (χ4n) is 2.50. The number of aromatic nitrogens is 1. The molecule has 1 aliphatic rings. The van der Waals surface area contributed by atoms with Crippen LogP contribution in [-0.4, -0.2) is 10.9 Å². The fraction of sp³-hybridized carbons (Fsp3) is 0.538. The van der Waals surface area contributed by atoms with Gasteiger partial charge in [0.15, 0.2) is 0 Å². The van der Waals surface area contributed by atoms with Crippen molar-refractivity contribution in [3.63, 3.8) is 0 Å². The number of halogens is 1. The van der Waals surface area contributed by atoms with Crippen molar-refractivity contribution in [3.8, 4) is 0 Å². The Kier molecular flexibility index (Phi) is 3.38. The summed E-state index contributed by atoms with van der Waals surface area (Å²) in [6.45, 7) is 4.30. The zero-order chi connectivity index (χ0) is 12.5. The molecule has 0 radical (unpaired) electrons. The molecule has 1 aliphatic carbocycles. The van der Waals surface area contributed by atoms with Crippen LogP contribution in [0, 0.1) is 11.3 Å². The van der Waals surface area contributed by atoms with Crippen molar-refractivity contribution >= 4 is 23.3 Å². The van der Waals surface area contributed by atoms with E-state index in [0.717, 1.165) is 19.3 Å². The van der Waals surface area contributed by atoms with Crippen LogP contribution in [-0.2, 0) is 4.79 Å². The third-order valence-corrected chi connectivity index (χ3v) is 3.75. The first-order chi connectivity index (χ1) is 7.99. The van der Waals surface area contributed by atoms with Gasteiger partial charge in [0, 0.05) is 5.92 Å². The number of hydrogen-bond donors (Lipinski definition) is 1. The molecule has 1 aromatic rings. The number of anilines is 1. The third kappa shape index (κ3) is 2.78. The molecule has 1 fully saturated rings. The van der Waals surface area contributed by atoms with Crippen LogP contribution in [0.4, 0.5) is 5.82 Å². The molecule has 17 heavy (non-hydrogen) atoms. The minimum Gasteiger partial charge on any atom is -0.310 e. The van der Waals surface area contributed by atoms with Gasteiger partial charge in [-0.1, -0.05) is 37.9 Å². The predicted octanol–water partition coefficient (Wildman–Crippen LogP) is 3.50. The summed E-state index contributed by atoms with van der Waals surface area (Å²) in [6.07, 6.45) is 3.18. The van der Waals surface area contributed by atoms with E-state index < -0.39 is 0 Å². The van der Waals surface area contributed by atoms with Crippen LogP contribution in [0.1, 0.15) is 33.1 Å². The number of nitrogens with zero attached hydrogens (tertiary/aromatic N) is 1. The standard InChI is InChI=1S/C13H17ClN2O/c1-13(2)8-4-5-9(13)12(17)16-11-7-3-6-10(14)15-11/h3,6-7,9H,4-5,8H2,1-2H3,(H,15,16,17). The Bertz CT molecular complexity index is 431. The largest absolute Gasteiger partial charge is 0.310 e. The lowest BCUT2D eigenvalue weighted by Gasteiger charge is -2.25. The van der Waals surface area contributed by atoms with E-state index >= 15 is 0 Å². The highest BCUT2D eigenvalue weighted by Crippen LogP contribution is 2.42. The number of carbonyl (C=O) groups excluding carboxylic acids is 1. The van der Waals surface area contributed by atoms with Gasteiger partial charge >= 0.3 is 0 Å². The Hall–Kier alpha value is -1.09. The maximum absolute atomic E-state index is 12.1. The summed E-state index contributed by atoms with van der Waals surface area (Å²) in [5.41, 5.74) is 0.0860. The number of amides is 1. The molecule has 3 nitrogen and oxygen atoms in total. The van der Waals surface area contributed by atoms with E-state index in [1.165, 1.54) is 0 Å². The van der Waals surface area contributed by atoms with Crippen LogP contribution in [0.15, 0.2) is 18.2 Å². The Morgan fingerprint density at radius 3 is 2.88 bits per heavy atom. The van der Waals surface area contributed by atoms with Crippen molar-refractivity contribution in [3.05, 3.63) is 23.4 Å². The highest BCUT2D eigenvalue weighted by Gasteiger charge is 2.39. The van der Waals surface area contributed by atoms with Gasteiger partial charge in [0.05, 0.1) is 0 Å². The molecule has 0 spiro atoms. The van der Waals surface area contributed by atoms with E-state index in [1.807, 2.05) is 0 Å². The fourth-order valence-corrected chi connectivity index (χ4v) is 2.67. The summed E-state index contributed by atoms with van der Waals surface area (Å²) >= 11 is 5.78. The van der Waals surface area contributed by atoms with Gasteiger partial charge in [0.2, 0.25) is 5.91 Å². The zero-order valence-corrected chi connectivity index (χ0v) is 10.9. The molecule has 0 aliphatic heterocycles. The SMILES string of the molecule is CC1(C)CCCC1C(=O)Nc1cccc(Cl)n1. The van der Waals surface area contributed by atoms with Crippen molar-refractivity contribution in [1.82, 2.24) is 4.98 Å². The van der Waals surface area contributed by atoms with Crippen LogP contribution in [0.5, 0.6) is 0 Å². The maximum atomic E-state index is 12.1. The molecule has 1 N–H and O–H groups in total. The summed E-state index contributed by atoms with van der Waals surface area (Å²) < 4.78 is 0. The average molecular weight is 253 g/mol. The van der Waals surface area contributed by atoms with Crippen molar-refractivity contribution < 1.29 is 4.79 Å².